The minimum absolute atomic E-state index is 0.00563. The Morgan fingerprint density at radius 1 is 1.24 bits per heavy atom. The van der Waals surface area contributed by atoms with Crippen molar-refractivity contribution in [2.75, 3.05) is 26.2 Å². The molecule has 1 aromatic carbocycles. The molecule has 1 aliphatic rings. The molecule has 1 heterocycles. The Morgan fingerprint density at radius 2 is 1.88 bits per heavy atom. The summed E-state index contributed by atoms with van der Waals surface area (Å²) in [4.78, 5) is 24.7. The number of hydrogen-bond acceptors (Lipinski definition) is 3. The highest BCUT2D eigenvalue weighted by Gasteiger charge is 2.26. The fourth-order valence-electron chi connectivity index (χ4n) is 2.97. The Bertz CT molecular complexity index is 602. The van der Waals surface area contributed by atoms with Crippen molar-refractivity contribution in [3.8, 4) is 5.75 Å². The highest BCUT2D eigenvalue weighted by molar-refractivity contribution is 5.75. The molecule has 2 amide bonds. The number of nitrogens with one attached hydrogen (secondary N) is 1. The van der Waals surface area contributed by atoms with Gasteiger partial charge in [-0.05, 0) is 29.9 Å². The predicted octanol–water partition coefficient (Wildman–Crippen LogP) is 2.87. The number of carbonyl (C=O) groups is 2. The molecular formula is C19H28N2O4. The molecule has 25 heavy (non-hydrogen) atoms. The quantitative estimate of drug-likeness (QED) is 0.802. The fourth-order valence-corrected chi connectivity index (χ4v) is 2.97. The van der Waals surface area contributed by atoms with Gasteiger partial charge in [-0.1, -0.05) is 39.0 Å². The Kier molecular flexibility index (Phi) is 6.28. The summed E-state index contributed by atoms with van der Waals surface area (Å²) in [7, 11) is 0. The largest absolute Gasteiger partial charge is 0.491 e. The highest BCUT2D eigenvalue weighted by atomic mass is 16.5. The van der Waals surface area contributed by atoms with E-state index in [9.17, 15) is 9.59 Å². The van der Waals surface area contributed by atoms with Crippen molar-refractivity contribution < 1.29 is 19.4 Å². The lowest BCUT2D eigenvalue weighted by Gasteiger charge is -2.30. The van der Waals surface area contributed by atoms with Gasteiger partial charge in [-0.15, -0.1) is 0 Å². The number of aliphatic carboxylic acids is 1. The van der Waals surface area contributed by atoms with Gasteiger partial charge in [0.15, 0.2) is 0 Å². The van der Waals surface area contributed by atoms with Crippen LogP contribution in [0.15, 0.2) is 24.3 Å². The molecule has 0 unspecified atom stereocenters. The molecule has 0 bridgehead atoms. The van der Waals surface area contributed by atoms with Crippen LogP contribution in [0.4, 0.5) is 4.79 Å². The second-order valence-electron chi connectivity index (χ2n) is 7.43. The van der Waals surface area contributed by atoms with E-state index in [1.165, 1.54) is 0 Å². The third-order valence-electron chi connectivity index (χ3n) is 4.46. The van der Waals surface area contributed by atoms with Crippen LogP contribution in [0.1, 0.15) is 39.2 Å². The van der Waals surface area contributed by atoms with Gasteiger partial charge in [-0.3, -0.25) is 4.79 Å². The Balaban J connectivity index is 1.75. The van der Waals surface area contributed by atoms with Crippen LogP contribution in [-0.4, -0.2) is 48.2 Å². The van der Waals surface area contributed by atoms with Gasteiger partial charge in [0.05, 0.1) is 12.5 Å². The zero-order chi connectivity index (χ0) is 18.4. The lowest BCUT2D eigenvalue weighted by atomic mass is 9.86. The van der Waals surface area contributed by atoms with E-state index in [1.807, 2.05) is 18.2 Å². The summed E-state index contributed by atoms with van der Waals surface area (Å²) in [6.07, 6.45) is 1.02. The smallest absolute Gasteiger partial charge is 0.317 e. The summed E-state index contributed by atoms with van der Waals surface area (Å²) >= 11 is 0. The van der Waals surface area contributed by atoms with E-state index in [-0.39, 0.29) is 17.4 Å². The second kappa shape index (κ2) is 8.23. The van der Waals surface area contributed by atoms with Crippen LogP contribution in [0.25, 0.3) is 0 Å². The normalized spacial score (nSPS) is 15.7. The zero-order valence-electron chi connectivity index (χ0n) is 15.2. The Morgan fingerprint density at radius 3 is 2.48 bits per heavy atom. The third kappa shape index (κ3) is 5.37. The average molecular weight is 348 g/mol. The molecule has 0 saturated carbocycles. The van der Waals surface area contributed by atoms with E-state index in [1.54, 1.807) is 4.90 Å². The molecule has 6 nitrogen and oxygen atoms in total. The van der Waals surface area contributed by atoms with Gasteiger partial charge in [0, 0.05) is 13.1 Å². The van der Waals surface area contributed by atoms with Crippen molar-refractivity contribution in [1.82, 2.24) is 10.2 Å². The minimum atomic E-state index is -0.772. The predicted molar refractivity (Wildman–Crippen MR) is 96.0 cm³/mol. The molecule has 6 heteroatoms. The van der Waals surface area contributed by atoms with Crippen LogP contribution in [0.3, 0.4) is 0 Å². The van der Waals surface area contributed by atoms with Gasteiger partial charge < -0.3 is 20.1 Å². The molecular weight excluding hydrogens is 320 g/mol. The van der Waals surface area contributed by atoms with Crippen LogP contribution >= 0.6 is 0 Å². The Hall–Kier alpha value is -2.24. The minimum Gasteiger partial charge on any atom is -0.491 e. The van der Waals surface area contributed by atoms with Crippen LogP contribution in [0.2, 0.25) is 0 Å². The van der Waals surface area contributed by atoms with Crippen LogP contribution in [0, 0.1) is 5.92 Å². The van der Waals surface area contributed by atoms with Crippen molar-refractivity contribution in [1.29, 1.82) is 0 Å². The molecule has 0 aliphatic carbocycles. The van der Waals surface area contributed by atoms with Crippen LogP contribution in [0.5, 0.6) is 5.75 Å². The van der Waals surface area contributed by atoms with Gasteiger partial charge in [-0.2, -0.15) is 0 Å². The maximum atomic E-state index is 12.1. The Labute approximate surface area is 149 Å². The number of urea groups is 1. The summed E-state index contributed by atoms with van der Waals surface area (Å²) < 4.78 is 5.84. The fraction of sp³-hybridized carbons (Fsp3) is 0.579. The maximum Gasteiger partial charge on any atom is 0.317 e. The average Bonchev–Trinajstić information content (AvgIpc) is 2.58. The molecule has 1 saturated heterocycles. The lowest BCUT2D eigenvalue weighted by Crippen LogP contribution is -2.46. The molecule has 2 rings (SSSR count). The topological polar surface area (TPSA) is 78.9 Å². The first-order valence-electron chi connectivity index (χ1n) is 8.77. The van der Waals surface area contributed by atoms with Crippen molar-refractivity contribution in [2.24, 2.45) is 5.92 Å². The number of piperidine rings is 1. The number of para-hydroxylation sites is 1. The number of likely N-dealkylation sites (tertiary alicyclic amines) is 1. The van der Waals surface area contributed by atoms with Crippen molar-refractivity contribution >= 4 is 12.0 Å². The number of amides is 2. The van der Waals surface area contributed by atoms with Crippen molar-refractivity contribution in [3.63, 3.8) is 0 Å². The second-order valence-corrected chi connectivity index (χ2v) is 7.43. The van der Waals surface area contributed by atoms with Gasteiger partial charge in [0.25, 0.3) is 0 Å². The summed E-state index contributed by atoms with van der Waals surface area (Å²) in [5.41, 5.74) is 1.13. The molecule has 138 valence electrons. The van der Waals surface area contributed by atoms with E-state index in [0.29, 0.717) is 39.1 Å². The van der Waals surface area contributed by atoms with Crippen molar-refractivity contribution in [3.05, 3.63) is 29.8 Å². The summed E-state index contributed by atoms with van der Waals surface area (Å²) in [5.74, 6) is -0.265. The van der Waals surface area contributed by atoms with E-state index >= 15 is 0 Å². The molecule has 1 aliphatic heterocycles. The summed E-state index contributed by atoms with van der Waals surface area (Å²) in [5, 5.41) is 11.8. The van der Waals surface area contributed by atoms with Gasteiger partial charge >= 0.3 is 12.0 Å². The van der Waals surface area contributed by atoms with Gasteiger partial charge in [0.1, 0.15) is 12.4 Å². The van der Waals surface area contributed by atoms with E-state index < -0.39 is 5.97 Å². The van der Waals surface area contributed by atoms with Crippen molar-refractivity contribution in [2.45, 2.75) is 39.0 Å². The van der Waals surface area contributed by atoms with Crippen LogP contribution in [-0.2, 0) is 10.2 Å². The zero-order valence-corrected chi connectivity index (χ0v) is 15.2. The first-order chi connectivity index (χ1) is 11.8. The number of carboxylic acid groups (broad SMARTS) is 1. The van der Waals surface area contributed by atoms with E-state index in [2.05, 4.69) is 32.2 Å². The molecule has 0 aromatic heterocycles. The highest BCUT2D eigenvalue weighted by Crippen LogP contribution is 2.30. The van der Waals surface area contributed by atoms with Gasteiger partial charge in [-0.25, -0.2) is 4.79 Å². The van der Waals surface area contributed by atoms with Crippen LogP contribution < -0.4 is 10.1 Å². The van der Waals surface area contributed by atoms with E-state index in [0.717, 1.165) is 11.3 Å². The molecule has 1 aromatic rings. The third-order valence-corrected chi connectivity index (χ3v) is 4.46. The number of hydrogen-bond donors (Lipinski definition) is 2. The molecule has 0 radical (unpaired) electrons. The summed E-state index contributed by atoms with van der Waals surface area (Å²) in [6, 6.07) is 7.78. The number of rotatable bonds is 5. The number of ether oxygens (including phenoxy) is 1. The lowest BCUT2D eigenvalue weighted by molar-refractivity contribution is -0.143. The van der Waals surface area contributed by atoms with Gasteiger partial charge in [0.2, 0.25) is 0 Å². The molecule has 0 atom stereocenters. The molecule has 0 spiro atoms. The SMILES string of the molecule is CC(C)(C)c1ccccc1OCCNC(=O)N1CCC(C(=O)O)CC1. The first kappa shape index (κ1) is 19.1. The molecule has 2 N–H and O–H groups in total. The van der Waals surface area contributed by atoms with E-state index in [4.69, 9.17) is 9.84 Å². The number of benzene rings is 1. The monoisotopic (exact) mass is 348 g/mol. The number of carbonyl (C=O) groups excluding carboxylic acids is 1. The first-order valence-corrected chi connectivity index (χ1v) is 8.77. The number of nitrogens with zero attached hydrogens (tertiary/aromatic N) is 1. The standard InChI is InChI=1S/C19H28N2O4/c1-19(2,3)15-6-4-5-7-16(15)25-13-10-20-18(24)21-11-8-14(9-12-21)17(22)23/h4-7,14H,8-13H2,1-3H3,(H,20,24)(H,22,23). The number of carboxylic acids is 1. The summed E-state index contributed by atoms with van der Waals surface area (Å²) in [6.45, 7) is 8.18. The maximum absolute atomic E-state index is 12.1. The molecule has 1 fully saturated rings.